The normalized spacial score (nSPS) is 18.0. The lowest BCUT2D eigenvalue weighted by Crippen LogP contribution is -2.45. The van der Waals surface area contributed by atoms with E-state index in [0.29, 0.717) is 24.0 Å². The summed E-state index contributed by atoms with van der Waals surface area (Å²) < 4.78 is 8.08. The number of hydrogen-bond acceptors (Lipinski definition) is 4. The SMILES string of the molecule is Cc1cccn2cc(COc3ccccc3C(=O)N3CCC(N4CCCC4)CC3)nc12. The molecule has 4 heterocycles. The zero-order valence-electron chi connectivity index (χ0n) is 18.2. The first-order valence-electron chi connectivity index (χ1n) is 11.4. The molecule has 0 radical (unpaired) electrons. The van der Waals surface area contributed by atoms with Gasteiger partial charge in [0, 0.05) is 31.5 Å². The Bertz CT molecular complexity index is 1060. The standard InChI is InChI=1S/C25H30N4O2/c1-19-7-6-14-29-17-20(26-24(19)29)18-31-23-9-3-2-8-22(23)25(30)28-15-10-21(11-16-28)27-12-4-5-13-27/h2-3,6-9,14,17,21H,4-5,10-13,15-16,18H2,1H3. The first-order valence-corrected chi connectivity index (χ1v) is 11.4. The maximum atomic E-state index is 13.3. The van der Waals surface area contributed by atoms with Gasteiger partial charge in [0.2, 0.25) is 0 Å². The number of fused-ring (bicyclic) bond motifs is 1. The largest absolute Gasteiger partial charge is 0.486 e. The Hall–Kier alpha value is -2.86. The highest BCUT2D eigenvalue weighted by Crippen LogP contribution is 2.25. The van der Waals surface area contributed by atoms with Crippen LogP contribution in [0.2, 0.25) is 0 Å². The minimum absolute atomic E-state index is 0.0707. The molecule has 0 saturated carbocycles. The molecule has 0 spiro atoms. The van der Waals surface area contributed by atoms with Gasteiger partial charge >= 0.3 is 0 Å². The minimum atomic E-state index is 0.0707. The lowest BCUT2D eigenvalue weighted by Gasteiger charge is -2.36. The molecule has 0 N–H and O–H groups in total. The Morgan fingerprint density at radius 2 is 1.84 bits per heavy atom. The summed E-state index contributed by atoms with van der Waals surface area (Å²) in [5.74, 6) is 0.698. The van der Waals surface area contributed by atoms with Crippen LogP contribution in [-0.2, 0) is 6.61 Å². The van der Waals surface area contributed by atoms with E-state index < -0.39 is 0 Å². The summed E-state index contributed by atoms with van der Waals surface area (Å²) in [6.07, 6.45) is 8.73. The number of hydrogen-bond donors (Lipinski definition) is 0. The molecule has 162 valence electrons. The quantitative estimate of drug-likeness (QED) is 0.630. The summed E-state index contributed by atoms with van der Waals surface area (Å²) in [6.45, 7) is 6.46. The van der Waals surface area contributed by atoms with Gasteiger partial charge in [0.1, 0.15) is 18.0 Å². The highest BCUT2D eigenvalue weighted by molar-refractivity contribution is 5.97. The van der Waals surface area contributed by atoms with E-state index in [1.807, 2.05) is 65.0 Å². The number of nitrogens with zero attached hydrogens (tertiary/aromatic N) is 4. The monoisotopic (exact) mass is 418 g/mol. The van der Waals surface area contributed by atoms with Crippen LogP contribution in [0.5, 0.6) is 5.75 Å². The maximum Gasteiger partial charge on any atom is 0.257 e. The third kappa shape index (κ3) is 4.17. The number of ether oxygens (including phenoxy) is 1. The van der Waals surface area contributed by atoms with Crippen molar-refractivity contribution < 1.29 is 9.53 Å². The fourth-order valence-electron chi connectivity index (χ4n) is 4.91. The number of amides is 1. The van der Waals surface area contributed by atoms with Crippen molar-refractivity contribution in [2.75, 3.05) is 26.2 Å². The summed E-state index contributed by atoms with van der Waals surface area (Å²) in [5, 5.41) is 0. The summed E-state index contributed by atoms with van der Waals surface area (Å²) >= 11 is 0. The number of piperidine rings is 1. The number of rotatable bonds is 5. The molecule has 2 fully saturated rings. The third-order valence-corrected chi connectivity index (χ3v) is 6.63. The van der Waals surface area contributed by atoms with Crippen molar-refractivity contribution in [1.29, 1.82) is 0 Å². The Labute approximate surface area is 183 Å². The summed E-state index contributed by atoms with van der Waals surface area (Å²) in [5.41, 5.74) is 3.55. The van der Waals surface area contributed by atoms with Gasteiger partial charge in [0.05, 0.1) is 11.3 Å². The molecule has 1 amide bonds. The lowest BCUT2D eigenvalue weighted by atomic mass is 10.0. The molecule has 0 aliphatic carbocycles. The Balaban J connectivity index is 1.25. The van der Waals surface area contributed by atoms with Crippen LogP contribution in [0.4, 0.5) is 0 Å². The molecule has 1 aromatic carbocycles. The molecule has 6 nitrogen and oxygen atoms in total. The van der Waals surface area contributed by atoms with Gasteiger partial charge in [-0.15, -0.1) is 0 Å². The average molecular weight is 419 g/mol. The van der Waals surface area contributed by atoms with Crippen LogP contribution in [0.25, 0.3) is 5.65 Å². The highest BCUT2D eigenvalue weighted by Gasteiger charge is 2.29. The molecule has 31 heavy (non-hydrogen) atoms. The topological polar surface area (TPSA) is 50.1 Å². The first-order chi connectivity index (χ1) is 15.2. The first kappa shape index (κ1) is 20.1. The van der Waals surface area contributed by atoms with E-state index in [1.165, 1.54) is 25.9 Å². The van der Waals surface area contributed by atoms with Crippen molar-refractivity contribution in [1.82, 2.24) is 19.2 Å². The predicted molar refractivity (Wildman–Crippen MR) is 120 cm³/mol. The summed E-state index contributed by atoms with van der Waals surface area (Å²) in [6, 6.07) is 12.3. The number of para-hydroxylation sites is 1. The molecule has 2 aliphatic heterocycles. The van der Waals surface area contributed by atoms with Crippen LogP contribution >= 0.6 is 0 Å². The van der Waals surface area contributed by atoms with E-state index in [4.69, 9.17) is 4.74 Å². The number of likely N-dealkylation sites (tertiary alicyclic amines) is 2. The van der Waals surface area contributed by atoms with Crippen LogP contribution in [0, 0.1) is 6.92 Å². The van der Waals surface area contributed by atoms with Crippen LogP contribution in [-0.4, -0.2) is 57.3 Å². The molecule has 3 aromatic rings. The van der Waals surface area contributed by atoms with Gasteiger partial charge in [-0.1, -0.05) is 18.2 Å². The van der Waals surface area contributed by atoms with Crippen LogP contribution in [0.3, 0.4) is 0 Å². The Kier molecular flexibility index (Phi) is 5.64. The zero-order chi connectivity index (χ0) is 21.2. The summed E-state index contributed by atoms with van der Waals surface area (Å²) in [7, 11) is 0. The Morgan fingerprint density at radius 3 is 2.61 bits per heavy atom. The molecule has 2 saturated heterocycles. The number of carbonyl (C=O) groups excluding carboxylic acids is 1. The molecular weight excluding hydrogens is 388 g/mol. The van der Waals surface area contributed by atoms with Gasteiger partial charge in [0.15, 0.2) is 0 Å². The highest BCUT2D eigenvalue weighted by atomic mass is 16.5. The number of aromatic nitrogens is 2. The van der Waals surface area contributed by atoms with Crippen LogP contribution < -0.4 is 4.74 Å². The smallest absolute Gasteiger partial charge is 0.257 e. The van der Waals surface area contributed by atoms with Crippen molar-refractivity contribution in [2.45, 2.75) is 45.3 Å². The molecular formula is C25H30N4O2. The van der Waals surface area contributed by atoms with Gasteiger partial charge in [-0.2, -0.15) is 0 Å². The van der Waals surface area contributed by atoms with E-state index in [9.17, 15) is 4.79 Å². The molecule has 0 unspecified atom stereocenters. The zero-order valence-corrected chi connectivity index (χ0v) is 18.2. The van der Waals surface area contributed by atoms with Gasteiger partial charge in [-0.25, -0.2) is 4.98 Å². The second-order valence-electron chi connectivity index (χ2n) is 8.71. The molecule has 0 bridgehead atoms. The minimum Gasteiger partial charge on any atom is -0.486 e. The van der Waals surface area contributed by atoms with Crippen molar-refractivity contribution in [3.8, 4) is 5.75 Å². The second-order valence-corrected chi connectivity index (χ2v) is 8.71. The van der Waals surface area contributed by atoms with Gasteiger partial charge in [-0.3, -0.25) is 4.79 Å². The Morgan fingerprint density at radius 1 is 1.06 bits per heavy atom. The molecule has 2 aliphatic rings. The van der Waals surface area contributed by atoms with Crippen LogP contribution in [0.15, 0.2) is 48.8 Å². The number of pyridine rings is 1. The van der Waals surface area contributed by atoms with Crippen molar-refractivity contribution in [2.24, 2.45) is 0 Å². The predicted octanol–water partition coefficient (Wildman–Crippen LogP) is 3.92. The molecule has 2 aromatic heterocycles. The molecule has 5 rings (SSSR count). The number of benzene rings is 1. The number of aryl methyl sites for hydroxylation is 1. The maximum absolute atomic E-state index is 13.3. The third-order valence-electron chi connectivity index (χ3n) is 6.63. The fourth-order valence-corrected chi connectivity index (χ4v) is 4.91. The van der Waals surface area contributed by atoms with Crippen LogP contribution in [0.1, 0.15) is 47.3 Å². The van der Waals surface area contributed by atoms with E-state index >= 15 is 0 Å². The van der Waals surface area contributed by atoms with Crippen molar-refractivity contribution in [3.63, 3.8) is 0 Å². The van der Waals surface area contributed by atoms with E-state index in [1.54, 1.807) is 0 Å². The number of carbonyl (C=O) groups is 1. The van der Waals surface area contributed by atoms with Crippen molar-refractivity contribution >= 4 is 11.6 Å². The summed E-state index contributed by atoms with van der Waals surface area (Å²) in [4.78, 5) is 22.5. The van der Waals surface area contributed by atoms with E-state index in [2.05, 4.69) is 9.88 Å². The fraction of sp³-hybridized carbons (Fsp3) is 0.440. The number of imidazole rings is 1. The molecule has 0 atom stereocenters. The molecule has 6 heteroatoms. The van der Waals surface area contributed by atoms with Gasteiger partial charge < -0.3 is 18.9 Å². The lowest BCUT2D eigenvalue weighted by molar-refractivity contribution is 0.0640. The second kappa shape index (κ2) is 8.71. The van der Waals surface area contributed by atoms with E-state index in [0.717, 1.165) is 42.8 Å². The van der Waals surface area contributed by atoms with Gasteiger partial charge in [-0.05, 0) is 69.5 Å². The average Bonchev–Trinajstić information content (AvgIpc) is 3.48. The van der Waals surface area contributed by atoms with Gasteiger partial charge in [0.25, 0.3) is 5.91 Å². The van der Waals surface area contributed by atoms with E-state index in [-0.39, 0.29) is 5.91 Å². The van der Waals surface area contributed by atoms with Crippen molar-refractivity contribution in [3.05, 3.63) is 65.6 Å².